The topological polar surface area (TPSA) is 81.2 Å². The highest BCUT2D eigenvalue weighted by Gasteiger charge is 2.14. The Morgan fingerprint density at radius 2 is 1.93 bits per heavy atom. The molecule has 1 aromatic heterocycles. The van der Waals surface area contributed by atoms with Crippen molar-refractivity contribution in [1.29, 1.82) is 0 Å². The molecule has 0 fully saturated rings. The molecular weight excluding hydrogens is 433 g/mol. The summed E-state index contributed by atoms with van der Waals surface area (Å²) in [5.74, 6) is 0. The number of nitrogens with zero attached hydrogens (tertiary/aromatic N) is 3. The van der Waals surface area contributed by atoms with Crippen LogP contribution in [-0.4, -0.2) is 25.1 Å². The smallest absolute Gasteiger partial charge is 0.291 e. The monoisotopic (exact) mass is 453 g/mol. The number of benzene rings is 2. The Morgan fingerprint density at radius 3 is 2.52 bits per heavy atom. The lowest BCUT2D eigenvalue weighted by Gasteiger charge is -2.18. The summed E-state index contributed by atoms with van der Waals surface area (Å²) in [5, 5.41) is 15.4. The van der Waals surface area contributed by atoms with E-state index in [1.807, 2.05) is 30.9 Å². The van der Waals surface area contributed by atoms with Crippen LogP contribution in [0.5, 0.6) is 0 Å². The van der Waals surface area contributed by atoms with Gasteiger partial charge in [-0.05, 0) is 43.5 Å². The third kappa shape index (κ3) is 8.77. The Morgan fingerprint density at radius 1 is 1.24 bits per heavy atom. The molecule has 1 heterocycles. The van der Waals surface area contributed by atoms with E-state index in [0.29, 0.717) is 15.3 Å². The van der Waals surface area contributed by atoms with Crippen molar-refractivity contribution in [1.82, 2.24) is 9.55 Å². The molecule has 0 bridgehead atoms. The highest BCUT2D eigenvalue weighted by molar-refractivity contribution is 8.00. The number of imidazole rings is 1. The summed E-state index contributed by atoms with van der Waals surface area (Å²) in [5.41, 5.74) is 2.66. The molecule has 0 aliphatic heterocycles. The average molecular weight is 454 g/mol. The Labute approximate surface area is 183 Å². The Bertz CT molecular complexity index is 902. The quantitative estimate of drug-likeness (QED) is 0.271. The van der Waals surface area contributed by atoms with Crippen LogP contribution >= 0.6 is 35.0 Å². The Hall–Kier alpha value is -2.22. The third-order valence-corrected chi connectivity index (χ3v) is 6.02. The number of hydrogen-bond donors (Lipinski definition) is 1. The molecule has 0 aliphatic carbocycles. The second-order valence-electron chi connectivity index (χ2n) is 6.34. The van der Waals surface area contributed by atoms with Gasteiger partial charge in [-0.3, -0.25) is 0 Å². The fourth-order valence-electron chi connectivity index (χ4n) is 2.65. The van der Waals surface area contributed by atoms with E-state index >= 15 is 0 Å². The molecule has 0 spiro atoms. The first-order valence-corrected chi connectivity index (χ1v) is 10.4. The van der Waals surface area contributed by atoms with Crippen molar-refractivity contribution in [2.24, 2.45) is 0 Å². The van der Waals surface area contributed by atoms with E-state index in [4.69, 9.17) is 38.5 Å². The second-order valence-corrected chi connectivity index (χ2v) is 8.52. The molecule has 0 aliphatic rings. The lowest BCUT2D eigenvalue weighted by atomic mass is 10.1. The molecule has 0 saturated heterocycles. The number of aryl methyl sites for hydroxylation is 2. The minimum absolute atomic E-state index is 0.397. The summed E-state index contributed by atoms with van der Waals surface area (Å²) in [6, 6.07) is 14.5. The normalized spacial score (nSPS) is 11.4. The highest BCUT2D eigenvalue weighted by atomic mass is 35.5. The van der Waals surface area contributed by atoms with E-state index in [1.165, 1.54) is 11.1 Å². The molecule has 3 aromatic rings. The molecule has 9 heteroatoms. The largest absolute Gasteiger partial charge is 0.336 e. The fourth-order valence-corrected chi connectivity index (χ4v) is 4.35. The van der Waals surface area contributed by atoms with Crippen molar-refractivity contribution in [3.8, 4) is 0 Å². The van der Waals surface area contributed by atoms with Crippen molar-refractivity contribution in [3.05, 3.63) is 92.5 Å². The fraction of sp³-hybridized carbons (Fsp3) is 0.250. The maximum Gasteiger partial charge on any atom is 0.291 e. The van der Waals surface area contributed by atoms with Gasteiger partial charge in [0.1, 0.15) is 0 Å². The zero-order chi connectivity index (χ0) is 21.2. The van der Waals surface area contributed by atoms with Crippen molar-refractivity contribution in [2.45, 2.75) is 36.5 Å². The van der Waals surface area contributed by atoms with Crippen LogP contribution in [-0.2, 0) is 13.0 Å². The van der Waals surface area contributed by atoms with E-state index in [2.05, 4.69) is 40.7 Å². The first-order valence-electron chi connectivity index (χ1n) is 8.79. The van der Waals surface area contributed by atoms with Crippen LogP contribution in [0.25, 0.3) is 0 Å². The van der Waals surface area contributed by atoms with Gasteiger partial charge in [-0.1, -0.05) is 53.0 Å². The number of aromatic nitrogens is 2. The standard InChI is InChI=1S/C20H20Cl2N2S.HNO3/c1-15-2-4-16(5-3-15)6-8-18(13-24-11-10-23-14-24)25-20-9-7-17(21)12-19(20)22;2-1(3)4/h2-5,7,9-12,14,18H,6,8,13H2,1H3;(H,2,3,4). The van der Waals surface area contributed by atoms with Crippen LogP contribution < -0.4 is 0 Å². The molecule has 29 heavy (non-hydrogen) atoms. The van der Waals surface area contributed by atoms with Gasteiger partial charge >= 0.3 is 0 Å². The molecule has 1 unspecified atom stereocenters. The molecule has 1 atom stereocenters. The van der Waals surface area contributed by atoms with Gasteiger partial charge in [-0.15, -0.1) is 21.9 Å². The van der Waals surface area contributed by atoms with E-state index in [1.54, 1.807) is 17.8 Å². The van der Waals surface area contributed by atoms with Crippen molar-refractivity contribution in [3.63, 3.8) is 0 Å². The molecule has 3 rings (SSSR count). The highest BCUT2D eigenvalue weighted by Crippen LogP contribution is 2.34. The van der Waals surface area contributed by atoms with Gasteiger partial charge in [-0.25, -0.2) is 4.98 Å². The SMILES string of the molecule is Cc1ccc(CCC(Cn2ccnc2)Sc2ccc(Cl)cc2Cl)cc1.O=[N+]([O-])O. The maximum atomic E-state index is 8.36. The van der Waals surface area contributed by atoms with Gasteiger partial charge in [0, 0.05) is 34.1 Å². The van der Waals surface area contributed by atoms with E-state index < -0.39 is 5.09 Å². The second kappa shape index (κ2) is 11.7. The summed E-state index contributed by atoms with van der Waals surface area (Å²) in [4.78, 5) is 13.6. The minimum Gasteiger partial charge on any atom is -0.336 e. The van der Waals surface area contributed by atoms with E-state index in [-0.39, 0.29) is 0 Å². The van der Waals surface area contributed by atoms with Gasteiger partial charge in [0.2, 0.25) is 0 Å². The van der Waals surface area contributed by atoms with Gasteiger partial charge < -0.3 is 9.77 Å². The number of hydrogen-bond acceptors (Lipinski definition) is 4. The molecule has 1 N–H and O–H groups in total. The predicted octanol–water partition coefficient (Wildman–Crippen LogP) is 5.94. The lowest BCUT2D eigenvalue weighted by molar-refractivity contribution is -0.742. The van der Waals surface area contributed by atoms with Crippen LogP contribution in [0.4, 0.5) is 0 Å². The van der Waals surface area contributed by atoms with Crippen LogP contribution in [0.3, 0.4) is 0 Å². The van der Waals surface area contributed by atoms with Crippen LogP contribution in [0, 0.1) is 17.0 Å². The van der Waals surface area contributed by atoms with Crippen LogP contribution in [0.15, 0.2) is 66.1 Å². The summed E-state index contributed by atoms with van der Waals surface area (Å²) < 4.78 is 2.12. The minimum atomic E-state index is -1.50. The Kier molecular flexibility index (Phi) is 9.31. The van der Waals surface area contributed by atoms with Gasteiger partial charge in [0.25, 0.3) is 5.09 Å². The molecule has 0 radical (unpaired) electrons. The molecule has 154 valence electrons. The van der Waals surface area contributed by atoms with Crippen molar-refractivity contribution in [2.75, 3.05) is 0 Å². The molecular formula is C20H21Cl2N3O3S. The van der Waals surface area contributed by atoms with Crippen molar-refractivity contribution < 1.29 is 10.3 Å². The van der Waals surface area contributed by atoms with E-state index in [0.717, 1.165) is 24.3 Å². The summed E-state index contributed by atoms with van der Waals surface area (Å²) in [6.07, 6.45) is 7.78. The number of thioether (sulfide) groups is 1. The maximum absolute atomic E-state index is 8.36. The van der Waals surface area contributed by atoms with Crippen molar-refractivity contribution >= 4 is 35.0 Å². The van der Waals surface area contributed by atoms with Crippen LogP contribution in [0.2, 0.25) is 10.0 Å². The first-order chi connectivity index (χ1) is 13.8. The predicted molar refractivity (Wildman–Crippen MR) is 117 cm³/mol. The molecule has 6 nitrogen and oxygen atoms in total. The van der Waals surface area contributed by atoms with Gasteiger partial charge in [-0.2, -0.15) is 0 Å². The summed E-state index contributed by atoms with van der Waals surface area (Å²) >= 11 is 14.2. The summed E-state index contributed by atoms with van der Waals surface area (Å²) in [6.45, 7) is 3.01. The average Bonchev–Trinajstić information content (AvgIpc) is 3.16. The number of rotatable bonds is 7. The van der Waals surface area contributed by atoms with E-state index in [9.17, 15) is 0 Å². The van der Waals surface area contributed by atoms with Gasteiger partial charge in [0.05, 0.1) is 11.3 Å². The van der Waals surface area contributed by atoms with Gasteiger partial charge in [0.15, 0.2) is 0 Å². The zero-order valence-corrected chi connectivity index (χ0v) is 18.1. The lowest BCUT2D eigenvalue weighted by Crippen LogP contribution is -2.13. The molecule has 2 aromatic carbocycles. The van der Waals surface area contributed by atoms with Crippen LogP contribution in [0.1, 0.15) is 17.5 Å². The number of halogens is 2. The summed E-state index contributed by atoms with van der Waals surface area (Å²) in [7, 11) is 0. The molecule has 0 amide bonds. The third-order valence-electron chi connectivity index (χ3n) is 4.04. The first kappa shape index (κ1) is 23.1. The Balaban J connectivity index is 0.000000687. The zero-order valence-electron chi connectivity index (χ0n) is 15.7. The molecule has 0 saturated carbocycles.